The minimum Gasteiger partial charge on any atom is -0.478 e. The Morgan fingerprint density at radius 3 is 2.41 bits per heavy atom. The van der Waals surface area contributed by atoms with Crippen molar-refractivity contribution in [2.45, 2.75) is 57.3 Å². The Hall–Kier alpha value is -1.39. The number of aromatic carboxylic acids is 1. The third-order valence-corrected chi connectivity index (χ3v) is 4.73. The van der Waals surface area contributed by atoms with Crippen LogP contribution in [0.3, 0.4) is 0 Å². The lowest BCUT2D eigenvalue weighted by Gasteiger charge is -2.49. The van der Waals surface area contributed by atoms with Crippen molar-refractivity contribution in [1.82, 2.24) is 4.90 Å². The molecule has 1 spiro atoms. The van der Waals surface area contributed by atoms with E-state index in [1.165, 1.54) is 12.8 Å². The van der Waals surface area contributed by atoms with Crippen molar-refractivity contribution in [2.75, 3.05) is 13.1 Å². The molecule has 1 N–H and O–H groups in total. The molecule has 1 saturated carbocycles. The number of carboxylic acids is 1. The number of nitrogens with zero attached hydrogens (tertiary/aromatic N) is 1. The van der Waals surface area contributed by atoms with Gasteiger partial charge in [-0.3, -0.25) is 4.90 Å². The van der Waals surface area contributed by atoms with E-state index in [0.29, 0.717) is 5.56 Å². The number of carboxylic acid groups (broad SMARTS) is 1. The topological polar surface area (TPSA) is 49.8 Å². The van der Waals surface area contributed by atoms with E-state index in [9.17, 15) is 4.79 Å². The minimum absolute atomic E-state index is 0.0305. The number of morpholine rings is 1. The van der Waals surface area contributed by atoms with Crippen LogP contribution in [0.4, 0.5) is 0 Å². The largest absolute Gasteiger partial charge is 0.478 e. The Kier molecular flexibility index (Phi) is 4.00. The van der Waals surface area contributed by atoms with Gasteiger partial charge in [0.15, 0.2) is 0 Å². The van der Waals surface area contributed by atoms with Gasteiger partial charge < -0.3 is 9.84 Å². The molecule has 1 aliphatic heterocycles. The van der Waals surface area contributed by atoms with Gasteiger partial charge >= 0.3 is 5.97 Å². The Morgan fingerprint density at radius 2 is 1.82 bits per heavy atom. The smallest absolute Gasteiger partial charge is 0.335 e. The van der Waals surface area contributed by atoms with Gasteiger partial charge in [0, 0.05) is 19.6 Å². The van der Waals surface area contributed by atoms with Gasteiger partial charge in [0.25, 0.3) is 0 Å². The van der Waals surface area contributed by atoms with E-state index in [1.807, 2.05) is 12.1 Å². The van der Waals surface area contributed by atoms with Crippen LogP contribution in [0.5, 0.6) is 0 Å². The fourth-order valence-corrected chi connectivity index (χ4v) is 4.05. The highest BCUT2D eigenvalue weighted by molar-refractivity contribution is 5.87. The highest BCUT2D eigenvalue weighted by Gasteiger charge is 2.45. The van der Waals surface area contributed by atoms with Gasteiger partial charge in [-0.2, -0.15) is 0 Å². The quantitative estimate of drug-likeness (QED) is 0.930. The number of hydrogen-bond acceptors (Lipinski definition) is 3. The average Bonchev–Trinajstić information content (AvgIpc) is 2.84. The molecule has 0 atom stereocenters. The minimum atomic E-state index is -0.871. The van der Waals surface area contributed by atoms with E-state index in [1.54, 1.807) is 12.1 Å². The van der Waals surface area contributed by atoms with Crippen LogP contribution < -0.4 is 0 Å². The molecule has 2 fully saturated rings. The second-order valence-corrected chi connectivity index (χ2v) is 7.40. The number of benzene rings is 1. The van der Waals surface area contributed by atoms with Crippen molar-refractivity contribution >= 4 is 5.97 Å². The fraction of sp³-hybridized carbons (Fsp3) is 0.611. The van der Waals surface area contributed by atoms with E-state index < -0.39 is 5.97 Å². The van der Waals surface area contributed by atoms with Gasteiger partial charge in [-0.15, -0.1) is 0 Å². The molecule has 1 aromatic rings. The molecule has 0 unspecified atom stereocenters. The second-order valence-electron chi connectivity index (χ2n) is 7.40. The summed E-state index contributed by atoms with van der Waals surface area (Å²) in [6.07, 6.45) is 4.84. The SMILES string of the molecule is CC1(C)CN(Cc2ccc(C(=O)O)cc2)CC2(CCCC2)O1. The van der Waals surface area contributed by atoms with Gasteiger partial charge in [0.2, 0.25) is 0 Å². The Morgan fingerprint density at radius 1 is 1.18 bits per heavy atom. The predicted molar refractivity (Wildman–Crippen MR) is 85.0 cm³/mol. The lowest BCUT2D eigenvalue weighted by atomic mass is 9.93. The lowest BCUT2D eigenvalue weighted by Crippen LogP contribution is -2.58. The van der Waals surface area contributed by atoms with Gasteiger partial charge in [-0.1, -0.05) is 25.0 Å². The maximum absolute atomic E-state index is 10.9. The van der Waals surface area contributed by atoms with Gasteiger partial charge in [-0.05, 0) is 44.4 Å². The zero-order chi connectivity index (χ0) is 15.8. The summed E-state index contributed by atoms with van der Waals surface area (Å²) >= 11 is 0. The van der Waals surface area contributed by atoms with Crippen molar-refractivity contribution < 1.29 is 14.6 Å². The Balaban J connectivity index is 1.72. The Labute approximate surface area is 132 Å². The van der Waals surface area contributed by atoms with Crippen LogP contribution in [0.25, 0.3) is 0 Å². The van der Waals surface area contributed by atoms with E-state index in [2.05, 4.69) is 18.7 Å². The van der Waals surface area contributed by atoms with Gasteiger partial charge in [0.05, 0.1) is 16.8 Å². The molecule has 3 rings (SSSR count). The summed E-state index contributed by atoms with van der Waals surface area (Å²) in [6, 6.07) is 7.23. The summed E-state index contributed by atoms with van der Waals surface area (Å²) < 4.78 is 6.42. The molecule has 1 aliphatic carbocycles. The third kappa shape index (κ3) is 3.33. The molecule has 0 amide bonds. The summed E-state index contributed by atoms with van der Waals surface area (Å²) in [7, 11) is 0. The predicted octanol–water partition coefficient (Wildman–Crippen LogP) is 3.31. The van der Waals surface area contributed by atoms with E-state index in [4.69, 9.17) is 9.84 Å². The van der Waals surface area contributed by atoms with Crippen LogP contribution in [0, 0.1) is 0 Å². The van der Waals surface area contributed by atoms with Gasteiger partial charge in [0.1, 0.15) is 0 Å². The molecular formula is C18H25NO3. The summed E-state index contributed by atoms with van der Waals surface area (Å²) in [4.78, 5) is 13.4. The fourth-order valence-electron chi connectivity index (χ4n) is 4.05. The molecule has 120 valence electrons. The zero-order valence-corrected chi connectivity index (χ0v) is 13.5. The molecule has 0 bridgehead atoms. The van der Waals surface area contributed by atoms with Crippen LogP contribution in [-0.4, -0.2) is 40.3 Å². The molecule has 0 radical (unpaired) electrons. The third-order valence-electron chi connectivity index (χ3n) is 4.73. The molecule has 2 aliphatic rings. The van der Waals surface area contributed by atoms with Crippen molar-refractivity contribution in [2.24, 2.45) is 0 Å². The standard InChI is InChI=1S/C18H25NO3/c1-17(2)12-19(13-18(22-17)9-3-4-10-18)11-14-5-7-15(8-6-14)16(20)21/h5-8H,3-4,9-13H2,1-2H3,(H,20,21). The molecular weight excluding hydrogens is 278 g/mol. The van der Waals surface area contributed by atoms with Crippen LogP contribution in [0.1, 0.15) is 55.5 Å². The highest BCUT2D eigenvalue weighted by atomic mass is 16.5. The van der Waals surface area contributed by atoms with Crippen molar-refractivity contribution in [1.29, 1.82) is 0 Å². The molecule has 1 heterocycles. The highest BCUT2D eigenvalue weighted by Crippen LogP contribution is 2.40. The van der Waals surface area contributed by atoms with Crippen molar-refractivity contribution in [3.05, 3.63) is 35.4 Å². The lowest BCUT2D eigenvalue weighted by molar-refractivity contribution is -0.195. The normalized spacial score (nSPS) is 23.7. The maximum Gasteiger partial charge on any atom is 0.335 e. The number of hydrogen-bond donors (Lipinski definition) is 1. The van der Waals surface area contributed by atoms with Crippen molar-refractivity contribution in [3.8, 4) is 0 Å². The summed E-state index contributed by atoms with van der Waals surface area (Å²) in [5, 5.41) is 8.98. The first-order valence-electron chi connectivity index (χ1n) is 8.12. The summed E-state index contributed by atoms with van der Waals surface area (Å²) in [5.74, 6) is -0.871. The van der Waals surface area contributed by atoms with Crippen LogP contribution >= 0.6 is 0 Å². The monoisotopic (exact) mass is 303 g/mol. The molecule has 1 saturated heterocycles. The molecule has 4 heteroatoms. The second kappa shape index (κ2) is 5.67. The van der Waals surface area contributed by atoms with Crippen LogP contribution in [0.15, 0.2) is 24.3 Å². The van der Waals surface area contributed by atoms with Gasteiger partial charge in [-0.25, -0.2) is 4.79 Å². The maximum atomic E-state index is 10.9. The summed E-state index contributed by atoms with van der Waals surface area (Å²) in [5.41, 5.74) is 1.42. The number of rotatable bonds is 3. The first-order valence-corrected chi connectivity index (χ1v) is 8.12. The molecule has 22 heavy (non-hydrogen) atoms. The number of carbonyl (C=O) groups is 1. The Bertz CT molecular complexity index is 544. The van der Waals surface area contributed by atoms with Crippen LogP contribution in [0.2, 0.25) is 0 Å². The zero-order valence-electron chi connectivity index (χ0n) is 13.5. The molecule has 4 nitrogen and oxygen atoms in total. The van der Waals surface area contributed by atoms with Crippen molar-refractivity contribution in [3.63, 3.8) is 0 Å². The molecule has 1 aromatic carbocycles. The van der Waals surface area contributed by atoms with E-state index in [-0.39, 0.29) is 11.2 Å². The first-order chi connectivity index (χ1) is 10.4. The average molecular weight is 303 g/mol. The molecule has 0 aromatic heterocycles. The van der Waals surface area contributed by atoms with E-state index in [0.717, 1.165) is 38.0 Å². The van der Waals surface area contributed by atoms with E-state index >= 15 is 0 Å². The number of ether oxygens (including phenoxy) is 1. The first kappa shape index (κ1) is 15.5. The van der Waals surface area contributed by atoms with Crippen LogP contribution in [-0.2, 0) is 11.3 Å². The summed E-state index contributed by atoms with van der Waals surface area (Å²) in [6.45, 7) is 7.10.